The molecule has 2 aromatic heterocycles. The van der Waals surface area contributed by atoms with Gasteiger partial charge in [0, 0.05) is 30.1 Å². The minimum Gasteiger partial charge on any atom is -0.497 e. The minimum atomic E-state index is -0.929. The predicted octanol–water partition coefficient (Wildman–Crippen LogP) is 3.57. The smallest absolute Gasteiger partial charge is 0.408 e. The summed E-state index contributed by atoms with van der Waals surface area (Å²) in [6.07, 6.45) is 1.27. The first-order valence-electron chi connectivity index (χ1n) is 10.8. The summed E-state index contributed by atoms with van der Waals surface area (Å²) in [4.78, 5) is 29.0. The molecule has 10 heteroatoms. The standard InChI is InChI=1S/C24H30N4O6/c1-15-9-11-28(27-15)21-14-20(17-8-7-16(31-5)13-19(17)25-21)33-12-10-18(22(29)32-6)26-23(30)34-24(2,3)4/h7-9,11,13-14,18H,10,12H2,1-6H3,(H,26,30)/t18-/m0/s1. The first-order valence-corrected chi connectivity index (χ1v) is 10.8. The van der Waals surface area contributed by atoms with Crippen LogP contribution in [0.2, 0.25) is 0 Å². The maximum atomic E-state index is 12.2. The number of nitrogens with zero attached hydrogens (tertiary/aromatic N) is 3. The number of carbonyl (C=O) groups excluding carboxylic acids is 2. The molecule has 0 saturated heterocycles. The largest absolute Gasteiger partial charge is 0.497 e. The van der Waals surface area contributed by atoms with E-state index in [1.165, 1.54) is 7.11 Å². The number of pyridine rings is 1. The lowest BCUT2D eigenvalue weighted by atomic mass is 10.2. The summed E-state index contributed by atoms with van der Waals surface area (Å²) in [7, 11) is 2.85. The number of ether oxygens (including phenoxy) is 4. The number of methoxy groups -OCH3 is 2. The van der Waals surface area contributed by atoms with Crippen molar-refractivity contribution in [2.45, 2.75) is 45.8 Å². The molecule has 0 aliphatic carbocycles. The number of hydrogen-bond donors (Lipinski definition) is 1. The van der Waals surface area contributed by atoms with Crippen LogP contribution < -0.4 is 14.8 Å². The van der Waals surface area contributed by atoms with E-state index in [0.29, 0.717) is 22.8 Å². The number of esters is 1. The van der Waals surface area contributed by atoms with Crippen molar-refractivity contribution in [2.75, 3.05) is 20.8 Å². The highest BCUT2D eigenvalue weighted by Gasteiger charge is 2.25. The van der Waals surface area contributed by atoms with E-state index < -0.39 is 23.7 Å². The Balaban J connectivity index is 1.82. The monoisotopic (exact) mass is 470 g/mol. The number of aromatic nitrogens is 3. The molecule has 182 valence electrons. The third-order valence-corrected chi connectivity index (χ3v) is 4.76. The lowest BCUT2D eigenvalue weighted by Crippen LogP contribution is -2.44. The number of benzene rings is 1. The molecule has 3 rings (SSSR count). The topological polar surface area (TPSA) is 114 Å². The Labute approximate surface area is 198 Å². The molecule has 0 radical (unpaired) electrons. The summed E-state index contributed by atoms with van der Waals surface area (Å²) >= 11 is 0. The Morgan fingerprint density at radius 1 is 1.15 bits per heavy atom. The Bertz CT molecular complexity index is 1170. The molecule has 1 amide bonds. The van der Waals surface area contributed by atoms with Gasteiger partial charge in [0.05, 0.1) is 32.0 Å². The van der Waals surface area contributed by atoms with E-state index in [2.05, 4.69) is 15.4 Å². The average molecular weight is 471 g/mol. The molecule has 2 heterocycles. The van der Waals surface area contributed by atoms with Crippen molar-refractivity contribution >= 4 is 23.0 Å². The van der Waals surface area contributed by atoms with Crippen molar-refractivity contribution in [3.63, 3.8) is 0 Å². The van der Waals surface area contributed by atoms with E-state index in [1.807, 2.05) is 37.4 Å². The van der Waals surface area contributed by atoms with Crippen LogP contribution in [0.1, 0.15) is 32.9 Å². The second-order valence-corrected chi connectivity index (χ2v) is 8.62. The highest BCUT2D eigenvalue weighted by atomic mass is 16.6. The molecule has 1 atom stereocenters. The molecule has 0 bridgehead atoms. The second kappa shape index (κ2) is 10.4. The zero-order chi connectivity index (χ0) is 24.9. The van der Waals surface area contributed by atoms with Crippen LogP contribution in [0.5, 0.6) is 11.5 Å². The number of carbonyl (C=O) groups is 2. The van der Waals surface area contributed by atoms with Crippen molar-refractivity contribution < 1.29 is 28.5 Å². The third-order valence-electron chi connectivity index (χ3n) is 4.76. The van der Waals surface area contributed by atoms with Crippen molar-refractivity contribution in [2.24, 2.45) is 0 Å². The summed E-state index contributed by atoms with van der Waals surface area (Å²) < 4.78 is 23.1. The number of aryl methyl sites for hydroxylation is 1. The van der Waals surface area contributed by atoms with Crippen molar-refractivity contribution in [3.05, 3.63) is 42.2 Å². The summed E-state index contributed by atoms with van der Waals surface area (Å²) in [5.41, 5.74) is 0.819. The number of amides is 1. The fourth-order valence-corrected chi connectivity index (χ4v) is 3.20. The maximum Gasteiger partial charge on any atom is 0.408 e. The molecule has 0 unspecified atom stereocenters. The van der Waals surface area contributed by atoms with Gasteiger partial charge in [0.1, 0.15) is 23.1 Å². The molecule has 0 spiro atoms. The summed E-state index contributed by atoms with van der Waals surface area (Å²) in [6.45, 7) is 7.24. The van der Waals surface area contributed by atoms with Crippen LogP contribution in [0.4, 0.5) is 4.79 Å². The molecule has 0 aliphatic rings. The minimum absolute atomic E-state index is 0.123. The van der Waals surface area contributed by atoms with Gasteiger partial charge >= 0.3 is 12.1 Å². The van der Waals surface area contributed by atoms with Crippen LogP contribution >= 0.6 is 0 Å². The molecule has 1 N–H and O–H groups in total. The summed E-state index contributed by atoms with van der Waals surface area (Å²) in [5, 5.41) is 7.73. The predicted molar refractivity (Wildman–Crippen MR) is 125 cm³/mol. The fraction of sp³-hybridized carbons (Fsp3) is 0.417. The normalized spacial score (nSPS) is 12.2. The van der Waals surface area contributed by atoms with Gasteiger partial charge in [-0.05, 0) is 45.9 Å². The molecular weight excluding hydrogens is 440 g/mol. The molecule has 10 nitrogen and oxygen atoms in total. The second-order valence-electron chi connectivity index (χ2n) is 8.62. The van der Waals surface area contributed by atoms with Gasteiger partial charge in [0.25, 0.3) is 0 Å². The van der Waals surface area contributed by atoms with Crippen LogP contribution in [-0.2, 0) is 14.3 Å². The van der Waals surface area contributed by atoms with Gasteiger partial charge in [0.2, 0.25) is 0 Å². The van der Waals surface area contributed by atoms with Crippen LogP contribution in [0.15, 0.2) is 36.5 Å². The van der Waals surface area contributed by atoms with Crippen LogP contribution in [0.25, 0.3) is 16.7 Å². The highest BCUT2D eigenvalue weighted by Crippen LogP contribution is 2.30. The first-order chi connectivity index (χ1) is 16.1. The molecule has 0 fully saturated rings. The van der Waals surface area contributed by atoms with Gasteiger partial charge in [-0.25, -0.2) is 19.3 Å². The van der Waals surface area contributed by atoms with Crippen LogP contribution in [0, 0.1) is 6.92 Å². The van der Waals surface area contributed by atoms with Crippen LogP contribution in [-0.4, -0.2) is 59.3 Å². The Morgan fingerprint density at radius 3 is 2.53 bits per heavy atom. The highest BCUT2D eigenvalue weighted by molar-refractivity contribution is 5.87. The Morgan fingerprint density at radius 2 is 1.91 bits per heavy atom. The van der Waals surface area contributed by atoms with Gasteiger partial charge in [-0.1, -0.05) is 0 Å². The lowest BCUT2D eigenvalue weighted by Gasteiger charge is -2.22. The zero-order valence-corrected chi connectivity index (χ0v) is 20.2. The van der Waals surface area contributed by atoms with Gasteiger partial charge in [-0.15, -0.1) is 0 Å². The third kappa shape index (κ3) is 6.37. The van der Waals surface area contributed by atoms with Gasteiger partial charge in [0.15, 0.2) is 5.82 Å². The lowest BCUT2D eigenvalue weighted by molar-refractivity contribution is -0.143. The molecule has 1 aromatic carbocycles. The molecule has 34 heavy (non-hydrogen) atoms. The first kappa shape index (κ1) is 24.8. The fourth-order valence-electron chi connectivity index (χ4n) is 3.20. The van der Waals surface area contributed by atoms with E-state index in [4.69, 9.17) is 18.9 Å². The number of rotatable bonds is 8. The molecule has 0 aliphatic heterocycles. The van der Waals surface area contributed by atoms with Crippen molar-refractivity contribution in [3.8, 4) is 17.3 Å². The number of nitrogens with one attached hydrogen (secondary N) is 1. The Kier molecular flexibility index (Phi) is 7.60. The van der Waals surface area contributed by atoms with Gasteiger partial charge in [-0.2, -0.15) is 5.10 Å². The zero-order valence-electron chi connectivity index (χ0n) is 20.2. The van der Waals surface area contributed by atoms with E-state index in [1.54, 1.807) is 38.6 Å². The van der Waals surface area contributed by atoms with E-state index >= 15 is 0 Å². The number of fused-ring (bicyclic) bond motifs is 1. The SMILES string of the molecule is COC(=O)[C@H](CCOc1cc(-n2ccc(C)n2)nc2cc(OC)ccc12)NC(=O)OC(C)(C)C. The number of hydrogen-bond acceptors (Lipinski definition) is 8. The quantitative estimate of drug-likeness (QED) is 0.497. The van der Waals surface area contributed by atoms with Crippen LogP contribution in [0.3, 0.4) is 0 Å². The van der Waals surface area contributed by atoms with Crippen molar-refractivity contribution in [1.29, 1.82) is 0 Å². The Hall–Kier alpha value is -3.82. The van der Waals surface area contributed by atoms with Crippen molar-refractivity contribution in [1.82, 2.24) is 20.1 Å². The van der Waals surface area contributed by atoms with E-state index in [-0.39, 0.29) is 13.0 Å². The molecular formula is C24H30N4O6. The summed E-state index contributed by atoms with van der Waals surface area (Å²) in [6, 6.07) is 8.20. The number of alkyl carbamates (subject to hydrolysis) is 1. The summed E-state index contributed by atoms with van der Waals surface area (Å²) in [5.74, 6) is 1.19. The van der Waals surface area contributed by atoms with E-state index in [9.17, 15) is 9.59 Å². The van der Waals surface area contributed by atoms with Gasteiger partial charge < -0.3 is 24.3 Å². The molecule has 3 aromatic rings. The van der Waals surface area contributed by atoms with E-state index in [0.717, 1.165) is 11.1 Å². The molecule has 0 saturated carbocycles. The maximum absolute atomic E-state index is 12.2. The average Bonchev–Trinajstić information content (AvgIpc) is 3.22. The van der Waals surface area contributed by atoms with Gasteiger partial charge in [-0.3, -0.25) is 0 Å².